The number of piperidine rings is 1. The molecule has 0 unspecified atom stereocenters. The number of amides is 1. The lowest BCUT2D eigenvalue weighted by Crippen LogP contribution is -2.41. The number of halogens is 2. The van der Waals surface area contributed by atoms with E-state index in [0.717, 1.165) is 54.5 Å². The third kappa shape index (κ3) is 4.70. The Bertz CT molecular complexity index is 1400. The predicted molar refractivity (Wildman–Crippen MR) is 139 cm³/mol. The molecule has 0 saturated carbocycles. The van der Waals surface area contributed by atoms with Crippen LogP contribution in [0.15, 0.2) is 58.7 Å². The predicted octanol–water partition coefficient (Wildman–Crippen LogP) is 4.49. The smallest absolute Gasteiger partial charge is 0.223 e. The Labute approximate surface area is 215 Å². The van der Waals surface area contributed by atoms with Crippen LogP contribution in [0.4, 0.5) is 8.78 Å². The van der Waals surface area contributed by atoms with Gasteiger partial charge in [0, 0.05) is 56.2 Å². The van der Waals surface area contributed by atoms with E-state index in [1.807, 2.05) is 22.8 Å². The second-order valence-corrected chi connectivity index (χ2v) is 10.5. The van der Waals surface area contributed by atoms with Crippen LogP contribution in [0.25, 0.3) is 10.9 Å². The van der Waals surface area contributed by atoms with Crippen LogP contribution in [-0.4, -0.2) is 63.9 Å². The van der Waals surface area contributed by atoms with Gasteiger partial charge in [-0.05, 0) is 67.1 Å². The lowest BCUT2D eigenvalue weighted by molar-refractivity contribution is -0.132. The van der Waals surface area contributed by atoms with Gasteiger partial charge in [0.2, 0.25) is 5.91 Å². The van der Waals surface area contributed by atoms with E-state index in [-0.39, 0.29) is 23.9 Å². The van der Waals surface area contributed by atoms with E-state index in [9.17, 15) is 13.6 Å². The topological polar surface area (TPSA) is 53.7 Å². The molecule has 6 rings (SSSR count). The zero-order valence-corrected chi connectivity index (χ0v) is 21.1. The minimum absolute atomic E-state index is 0.113. The average molecular weight is 504 g/mol. The monoisotopic (exact) mass is 503 g/mol. The molecule has 0 bridgehead atoms. The van der Waals surface area contributed by atoms with Crippen LogP contribution in [0.1, 0.15) is 36.8 Å². The minimum Gasteiger partial charge on any atom is -0.338 e. The highest BCUT2D eigenvalue weighted by Crippen LogP contribution is 2.30. The quantitative estimate of drug-likeness (QED) is 0.516. The van der Waals surface area contributed by atoms with Crippen LogP contribution < -0.4 is 0 Å². The molecule has 1 saturated heterocycles. The first kappa shape index (κ1) is 24.0. The molecule has 0 radical (unpaired) electrons. The van der Waals surface area contributed by atoms with E-state index < -0.39 is 11.6 Å². The summed E-state index contributed by atoms with van der Waals surface area (Å²) in [6, 6.07) is 10.3. The molecule has 0 aliphatic carbocycles. The molecule has 1 aromatic heterocycles. The first-order valence-corrected chi connectivity index (χ1v) is 13.1. The molecular formula is C29H31F2N5O. The van der Waals surface area contributed by atoms with Gasteiger partial charge in [0.05, 0.1) is 24.0 Å². The van der Waals surface area contributed by atoms with Gasteiger partial charge in [-0.2, -0.15) is 5.10 Å². The summed E-state index contributed by atoms with van der Waals surface area (Å²) in [6.07, 6.45) is 5.08. The molecule has 1 amide bonds. The standard InChI is InChI=1S/C29H31F2N5O/c1-34-27-8-7-20(13-22(27)15-33-34)29-23-18-36(11-9-21(23)14-32-29)28(37)12-19-4-3-10-35(16-19)17-24-25(30)5-2-6-26(24)31/h2,5-8,13,15,19H,3-4,9-12,14,16-18H2,1H3/t19-/m0/s1. The Kier molecular flexibility index (Phi) is 6.36. The van der Waals surface area contributed by atoms with Crippen LogP contribution in [0, 0.1) is 17.6 Å². The number of fused-ring (bicyclic) bond motifs is 1. The molecule has 37 heavy (non-hydrogen) atoms. The van der Waals surface area contributed by atoms with Crippen molar-refractivity contribution in [1.29, 1.82) is 0 Å². The molecule has 0 N–H and O–H groups in total. The van der Waals surface area contributed by atoms with Crippen molar-refractivity contribution in [3.63, 3.8) is 0 Å². The van der Waals surface area contributed by atoms with E-state index in [0.29, 0.717) is 26.1 Å². The van der Waals surface area contributed by atoms with E-state index in [1.165, 1.54) is 29.3 Å². The number of aryl methyl sites for hydroxylation is 1. The van der Waals surface area contributed by atoms with E-state index in [1.54, 1.807) is 0 Å². The van der Waals surface area contributed by atoms with Crippen LogP contribution in [-0.2, 0) is 18.4 Å². The zero-order chi connectivity index (χ0) is 25.5. The van der Waals surface area contributed by atoms with Crippen molar-refractivity contribution < 1.29 is 13.6 Å². The Morgan fingerprint density at radius 3 is 2.81 bits per heavy atom. The van der Waals surface area contributed by atoms with Crippen molar-refractivity contribution in [2.24, 2.45) is 18.0 Å². The third-order valence-electron chi connectivity index (χ3n) is 8.06. The number of nitrogens with zero attached hydrogens (tertiary/aromatic N) is 5. The number of rotatable bonds is 5. The molecular weight excluding hydrogens is 472 g/mol. The maximum atomic E-state index is 14.1. The van der Waals surface area contributed by atoms with Crippen LogP contribution in [0.3, 0.4) is 0 Å². The number of carbonyl (C=O) groups excluding carboxylic acids is 1. The molecule has 3 aromatic rings. The summed E-state index contributed by atoms with van der Waals surface area (Å²) in [7, 11) is 1.93. The van der Waals surface area contributed by atoms with Gasteiger partial charge in [0.25, 0.3) is 0 Å². The maximum Gasteiger partial charge on any atom is 0.223 e. The van der Waals surface area contributed by atoms with Gasteiger partial charge in [0.1, 0.15) is 11.6 Å². The number of hydrogen-bond donors (Lipinski definition) is 0. The molecule has 2 aromatic carbocycles. The van der Waals surface area contributed by atoms with Crippen molar-refractivity contribution in [2.45, 2.75) is 32.2 Å². The fourth-order valence-electron chi connectivity index (χ4n) is 6.02. The molecule has 3 aliphatic heterocycles. The summed E-state index contributed by atoms with van der Waals surface area (Å²) in [5.74, 6) is -0.666. The Morgan fingerprint density at radius 1 is 1.14 bits per heavy atom. The van der Waals surface area contributed by atoms with Crippen molar-refractivity contribution in [3.8, 4) is 0 Å². The minimum atomic E-state index is -0.507. The molecule has 1 atom stereocenters. The van der Waals surface area contributed by atoms with Crippen LogP contribution in [0.2, 0.25) is 0 Å². The van der Waals surface area contributed by atoms with Gasteiger partial charge < -0.3 is 4.90 Å². The molecule has 8 heteroatoms. The number of benzene rings is 2. The second kappa shape index (κ2) is 9.82. The second-order valence-electron chi connectivity index (χ2n) is 10.5. The van der Waals surface area contributed by atoms with E-state index in [2.05, 4.69) is 28.2 Å². The van der Waals surface area contributed by atoms with Gasteiger partial charge in [-0.3, -0.25) is 19.4 Å². The summed E-state index contributed by atoms with van der Waals surface area (Å²) in [5, 5.41) is 5.43. The van der Waals surface area contributed by atoms with Gasteiger partial charge in [-0.1, -0.05) is 12.1 Å². The summed E-state index contributed by atoms with van der Waals surface area (Å²) < 4.78 is 30.2. The van der Waals surface area contributed by atoms with Gasteiger partial charge in [-0.25, -0.2) is 8.78 Å². The van der Waals surface area contributed by atoms with Crippen molar-refractivity contribution in [3.05, 3.63) is 76.5 Å². The summed E-state index contributed by atoms with van der Waals surface area (Å²) in [5.41, 5.74) is 5.78. The normalized spacial score (nSPS) is 20.5. The summed E-state index contributed by atoms with van der Waals surface area (Å²) in [4.78, 5) is 22.3. The van der Waals surface area contributed by atoms with E-state index in [4.69, 9.17) is 4.99 Å². The fourth-order valence-corrected chi connectivity index (χ4v) is 6.02. The number of aromatic nitrogens is 2. The fraction of sp³-hybridized carbons (Fsp3) is 0.414. The molecule has 6 nitrogen and oxygen atoms in total. The summed E-state index contributed by atoms with van der Waals surface area (Å²) >= 11 is 0. The SMILES string of the molecule is Cn1ncc2cc(C3=NCC4=C3CN(C(=O)C[C@@H]3CCCN(Cc5c(F)cccc5F)C3)CC4)ccc21. The molecule has 3 aliphatic rings. The highest BCUT2D eigenvalue weighted by Gasteiger charge is 2.31. The average Bonchev–Trinajstić information content (AvgIpc) is 3.49. The largest absolute Gasteiger partial charge is 0.338 e. The van der Waals surface area contributed by atoms with Gasteiger partial charge in [-0.15, -0.1) is 0 Å². The molecule has 4 heterocycles. The number of carbonyl (C=O) groups is 1. The zero-order valence-electron chi connectivity index (χ0n) is 21.1. The van der Waals surface area contributed by atoms with Gasteiger partial charge in [0.15, 0.2) is 0 Å². The molecule has 192 valence electrons. The molecule has 1 fully saturated rings. The number of hydrogen-bond acceptors (Lipinski definition) is 4. The highest BCUT2D eigenvalue weighted by molar-refractivity contribution is 6.16. The van der Waals surface area contributed by atoms with Gasteiger partial charge >= 0.3 is 0 Å². The molecule has 0 spiro atoms. The Balaban J connectivity index is 1.10. The van der Waals surface area contributed by atoms with Crippen molar-refractivity contribution >= 4 is 22.5 Å². The third-order valence-corrected chi connectivity index (χ3v) is 8.06. The summed E-state index contributed by atoms with van der Waals surface area (Å²) in [6.45, 7) is 3.73. The van der Waals surface area contributed by atoms with Crippen molar-refractivity contribution in [2.75, 3.05) is 32.7 Å². The first-order chi connectivity index (χ1) is 18.0. The van der Waals surface area contributed by atoms with E-state index >= 15 is 0 Å². The number of likely N-dealkylation sites (tertiary alicyclic amines) is 1. The first-order valence-electron chi connectivity index (χ1n) is 13.1. The lowest BCUT2D eigenvalue weighted by atomic mass is 9.92. The van der Waals surface area contributed by atoms with Crippen LogP contribution >= 0.6 is 0 Å². The van der Waals surface area contributed by atoms with Crippen molar-refractivity contribution in [1.82, 2.24) is 19.6 Å². The maximum absolute atomic E-state index is 14.1. The highest BCUT2D eigenvalue weighted by atomic mass is 19.1. The number of aliphatic imine (C=N–C) groups is 1. The van der Waals surface area contributed by atoms with Crippen LogP contribution in [0.5, 0.6) is 0 Å². The Morgan fingerprint density at radius 2 is 1.97 bits per heavy atom. The lowest BCUT2D eigenvalue weighted by Gasteiger charge is -2.35. The Hall–Kier alpha value is -3.39.